The van der Waals surface area contributed by atoms with Gasteiger partial charge in [0.05, 0.1) is 6.17 Å². The summed E-state index contributed by atoms with van der Waals surface area (Å²) in [7, 11) is 3.92. The monoisotopic (exact) mass is 222 g/mol. The van der Waals surface area contributed by atoms with Crippen molar-refractivity contribution in [1.82, 2.24) is 4.90 Å². The molecule has 0 aromatic heterocycles. The van der Waals surface area contributed by atoms with E-state index in [1.807, 2.05) is 38.1 Å². The molecule has 1 unspecified atom stereocenters. The summed E-state index contributed by atoms with van der Waals surface area (Å²) in [4.78, 5) is 1.97. The van der Waals surface area contributed by atoms with Gasteiger partial charge < -0.3 is 15.2 Å². The first-order chi connectivity index (χ1) is 7.59. The summed E-state index contributed by atoms with van der Waals surface area (Å²) in [5.74, 6) is 1.61. The van der Waals surface area contributed by atoms with Crippen LogP contribution in [0.2, 0.25) is 0 Å². The predicted molar refractivity (Wildman–Crippen MR) is 62.8 cm³/mol. The molecule has 2 N–H and O–H groups in total. The van der Waals surface area contributed by atoms with Crippen LogP contribution < -0.4 is 15.2 Å². The van der Waals surface area contributed by atoms with Gasteiger partial charge in [-0.05, 0) is 44.3 Å². The van der Waals surface area contributed by atoms with Gasteiger partial charge in [-0.3, -0.25) is 4.90 Å². The SMILES string of the molecule is Cc1cc2c(cc1C(N)N(C)C)OCCO2. The summed E-state index contributed by atoms with van der Waals surface area (Å²) in [6, 6.07) is 3.97. The summed E-state index contributed by atoms with van der Waals surface area (Å²) in [5, 5.41) is 0. The zero-order valence-electron chi connectivity index (χ0n) is 9.99. The van der Waals surface area contributed by atoms with E-state index >= 15 is 0 Å². The Morgan fingerprint density at radius 3 is 2.31 bits per heavy atom. The van der Waals surface area contributed by atoms with E-state index in [0.29, 0.717) is 13.2 Å². The molecule has 0 saturated carbocycles. The van der Waals surface area contributed by atoms with Crippen LogP contribution in [0.3, 0.4) is 0 Å². The third-order valence-electron chi connectivity index (χ3n) is 2.81. The molecule has 0 amide bonds. The molecule has 1 atom stereocenters. The highest BCUT2D eigenvalue weighted by Gasteiger charge is 2.18. The zero-order chi connectivity index (χ0) is 11.7. The Kier molecular flexibility index (Phi) is 3.03. The molecule has 0 radical (unpaired) electrons. The maximum atomic E-state index is 6.10. The summed E-state index contributed by atoms with van der Waals surface area (Å²) < 4.78 is 11.1. The summed E-state index contributed by atoms with van der Waals surface area (Å²) >= 11 is 0. The van der Waals surface area contributed by atoms with Crippen molar-refractivity contribution in [2.45, 2.75) is 13.1 Å². The third kappa shape index (κ3) is 1.99. The van der Waals surface area contributed by atoms with Gasteiger partial charge in [0, 0.05) is 0 Å². The van der Waals surface area contributed by atoms with Crippen LogP contribution >= 0.6 is 0 Å². The minimum absolute atomic E-state index is 0.115. The molecule has 0 saturated heterocycles. The summed E-state index contributed by atoms with van der Waals surface area (Å²) in [5.41, 5.74) is 8.31. The number of benzene rings is 1. The second-order valence-corrected chi connectivity index (χ2v) is 4.26. The van der Waals surface area contributed by atoms with Crippen molar-refractivity contribution in [2.75, 3.05) is 27.3 Å². The lowest BCUT2D eigenvalue weighted by Gasteiger charge is -2.25. The Bertz CT molecular complexity index is 391. The van der Waals surface area contributed by atoms with E-state index in [9.17, 15) is 0 Å². The van der Waals surface area contributed by atoms with Crippen molar-refractivity contribution in [1.29, 1.82) is 0 Å². The quantitative estimate of drug-likeness (QED) is 0.766. The van der Waals surface area contributed by atoms with Gasteiger partial charge in [0.15, 0.2) is 11.5 Å². The predicted octanol–water partition coefficient (Wildman–Crippen LogP) is 1.29. The standard InChI is InChI=1S/C12H18N2O2/c1-8-6-10-11(16-5-4-15-10)7-9(8)12(13)14(2)3/h6-7,12H,4-5,13H2,1-3H3. The second kappa shape index (κ2) is 4.31. The van der Waals surface area contributed by atoms with E-state index in [0.717, 1.165) is 22.6 Å². The topological polar surface area (TPSA) is 47.7 Å². The molecule has 0 spiro atoms. The largest absolute Gasteiger partial charge is 0.486 e. The number of aryl methyl sites for hydroxylation is 1. The minimum atomic E-state index is -0.115. The molecule has 0 fully saturated rings. The fraction of sp³-hybridized carbons (Fsp3) is 0.500. The Hall–Kier alpha value is -1.26. The fourth-order valence-electron chi connectivity index (χ4n) is 1.80. The molecular formula is C12H18N2O2. The number of hydrogen-bond acceptors (Lipinski definition) is 4. The number of rotatable bonds is 2. The van der Waals surface area contributed by atoms with Gasteiger partial charge in [-0.1, -0.05) is 0 Å². The zero-order valence-corrected chi connectivity index (χ0v) is 9.99. The number of ether oxygens (including phenoxy) is 2. The van der Waals surface area contributed by atoms with Crippen molar-refractivity contribution in [3.8, 4) is 11.5 Å². The normalized spacial score (nSPS) is 16.3. The maximum Gasteiger partial charge on any atom is 0.161 e. The number of nitrogens with two attached hydrogens (primary N) is 1. The highest BCUT2D eigenvalue weighted by Crippen LogP contribution is 2.34. The van der Waals surface area contributed by atoms with Crippen LogP contribution in [0, 0.1) is 6.92 Å². The second-order valence-electron chi connectivity index (χ2n) is 4.26. The van der Waals surface area contributed by atoms with Gasteiger partial charge in [0.1, 0.15) is 13.2 Å². The van der Waals surface area contributed by atoms with E-state index in [1.54, 1.807) is 0 Å². The molecule has 1 aliphatic rings. The van der Waals surface area contributed by atoms with E-state index in [1.165, 1.54) is 0 Å². The Morgan fingerprint density at radius 2 is 1.75 bits per heavy atom. The number of nitrogens with zero attached hydrogens (tertiary/aromatic N) is 1. The Balaban J connectivity index is 2.39. The van der Waals surface area contributed by atoms with Crippen LogP contribution in [0.15, 0.2) is 12.1 Å². The Labute approximate surface area is 95.9 Å². The van der Waals surface area contributed by atoms with Gasteiger partial charge in [0.25, 0.3) is 0 Å². The minimum Gasteiger partial charge on any atom is -0.486 e. The van der Waals surface area contributed by atoms with Gasteiger partial charge >= 0.3 is 0 Å². The molecule has 4 heteroatoms. The van der Waals surface area contributed by atoms with Gasteiger partial charge in [-0.25, -0.2) is 0 Å². The maximum absolute atomic E-state index is 6.10. The first kappa shape index (κ1) is 11.2. The molecule has 1 heterocycles. The van der Waals surface area contributed by atoms with Crippen molar-refractivity contribution in [2.24, 2.45) is 5.73 Å². The fourth-order valence-corrected chi connectivity index (χ4v) is 1.80. The molecule has 0 aliphatic carbocycles. The smallest absolute Gasteiger partial charge is 0.161 e. The van der Waals surface area contributed by atoms with Crippen LogP contribution in [0.5, 0.6) is 11.5 Å². The van der Waals surface area contributed by atoms with E-state index < -0.39 is 0 Å². The molecule has 16 heavy (non-hydrogen) atoms. The molecular weight excluding hydrogens is 204 g/mol. The molecule has 1 aromatic carbocycles. The molecule has 1 aliphatic heterocycles. The van der Waals surface area contributed by atoms with E-state index in [4.69, 9.17) is 15.2 Å². The first-order valence-electron chi connectivity index (χ1n) is 5.41. The van der Waals surface area contributed by atoms with Crippen LogP contribution in [0.25, 0.3) is 0 Å². The molecule has 1 aromatic rings. The lowest BCUT2D eigenvalue weighted by Crippen LogP contribution is -2.28. The first-order valence-corrected chi connectivity index (χ1v) is 5.41. The van der Waals surface area contributed by atoms with Gasteiger partial charge in [-0.15, -0.1) is 0 Å². The van der Waals surface area contributed by atoms with E-state index in [-0.39, 0.29) is 6.17 Å². The van der Waals surface area contributed by atoms with Crippen molar-refractivity contribution < 1.29 is 9.47 Å². The van der Waals surface area contributed by atoms with Crippen LogP contribution in [-0.2, 0) is 0 Å². The van der Waals surface area contributed by atoms with Gasteiger partial charge in [-0.2, -0.15) is 0 Å². The number of hydrogen-bond donors (Lipinski definition) is 1. The average Bonchev–Trinajstić information content (AvgIpc) is 2.27. The van der Waals surface area contributed by atoms with Crippen molar-refractivity contribution in [3.63, 3.8) is 0 Å². The lowest BCUT2D eigenvalue weighted by atomic mass is 10.0. The van der Waals surface area contributed by atoms with Crippen LogP contribution in [0.1, 0.15) is 17.3 Å². The van der Waals surface area contributed by atoms with Gasteiger partial charge in [0.2, 0.25) is 0 Å². The summed E-state index contributed by atoms with van der Waals surface area (Å²) in [6.45, 7) is 3.26. The number of fused-ring (bicyclic) bond motifs is 1. The lowest BCUT2D eigenvalue weighted by molar-refractivity contribution is 0.170. The van der Waals surface area contributed by atoms with Crippen molar-refractivity contribution >= 4 is 0 Å². The Morgan fingerprint density at radius 1 is 1.19 bits per heavy atom. The summed E-state index contributed by atoms with van der Waals surface area (Å²) in [6.07, 6.45) is -0.115. The van der Waals surface area contributed by atoms with Crippen LogP contribution in [0.4, 0.5) is 0 Å². The van der Waals surface area contributed by atoms with Crippen LogP contribution in [-0.4, -0.2) is 32.2 Å². The molecule has 88 valence electrons. The van der Waals surface area contributed by atoms with Crippen molar-refractivity contribution in [3.05, 3.63) is 23.3 Å². The third-order valence-corrected chi connectivity index (χ3v) is 2.81. The molecule has 2 rings (SSSR count). The highest BCUT2D eigenvalue weighted by atomic mass is 16.6. The average molecular weight is 222 g/mol. The molecule has 4 nitrogen and oxygen atoms in total. The molecule has 0 bridgehead atoms. The van der Waals surface area contributed by atoms with E-state index in [2.05, 4.69) is 0 Å². The highest BCUT2D eigenvalue weighted by molar-refractivity contribution is 5.48.